The van der Waals surface area contributed by atoms with Crippen LogP contribution in [-0.2, 0) is 21.3 Å². The molecule has 7 nitrogen and oxygen atoms in total. The summed E-state index contributed by atoms with van der Waals surface area (Å²) < 4.78 is 36.3. The molecular formula is C25H31N3O4S2. The first-order valence-corrected chi connectivity index (χ1v) is 14.0. The average molecular weight is 502 g/mol. The van der Waals surface area contributed by atoms with Crippen molar-refractivity contribution in [3.63, 3.8) is 0 Å². The summed E-state index contributed by atoms with van der Waals surface area (Å²) in [5.41, 5.74) is 2.51. The summed E-state index contributed by atoms with van der Waals surface area (Å²) in [6.45, 7) is 8.20. The summed E-state index contributed by atoms with van der Waals surface area (Å²) in [6, 6.07) is 12.3. The third-order valence-corrected chi connectivity index (χ3v) is 9.22. The van der Waals surface area contributed by atoms with Crippen molar-refractivity contribution in [1.82, 2.24) is 8.87 Å². The van der Waals surface area contributed by atoms with Crippen molar-refractivity contribution in [2.75, 3.05) is 19.8 Å². The Morgan fingerprint density at radius 3 is 2.65 bits per heavy atom. The van der Waals surface area contributed by atoms with E-state index in [1.165, 1.54) is 23.5 Å². The number of carbonyl (C=O) groups is 1. The third kappa shape index (κ3) is 5.17. The van der Waals surface area contributed by atoms with E-state index in [4.69, 9.17) is 4.74 Å². The first kappa shape index (κ1) is 24.8. The van der Waals surface area contributed by atoms with Crippen molar-refractivity contribution in [3.8, 4) is 0 Å². The van der Waals surface area contributed by atoms with Crippen molar-refractivity contribution in [2.45, 2.75) is 57.5 Å². The van der Waals surface area contributed by atoms with E-state index in [9.17, 15) is 13.2 Å². The number of hydrogen-bond donors (Lipinski definition) is 0. The number of amides is 1. The Balaban J connectivity index is 1.63. The van der Waals surface area contributed by atoms with Crippen molar-refractivity contribution in [1.29, 1.82) is 0 Å². The van der Waals surface area contributed by atoms with Crippen LogP contribution in [0.4, 0.5) is 0 Å². The molecule has 0 radical (unpaired) electrons. The predicted octanol–water partition coefficient (Wildman–Crippen LogP) is 4.35. The Morgan fingerprint density at radius 2 is 1.94 bits per heavy atom. The van der Waals surface area contributed by atoms with Gasteiger partial charge in [-0.2, -0.15) is 9.30 Å². The van der Waals surface area contributed by atoms with Crippen LogP contribution in [0.15, 0.2) is 52.4 Å². The zero-order valence-electron chi connectivity index (χ0n) is 19.9. The Bertz CT molecular complexity index is 1340. The molecule has 4 rings (SSSR count). The molecule has 1 atom stereocenters. The number of piperidine rings is 1. The van der Waals surface area contributed by atoms with Crippen LogP contribution >= 0.6 is 11.3 Å². The van der Waals surface area contributed by atoms with Gasteiger partial charge in [-0.05, 0) is 75.6 Å². The number of nitrogens with zero attached hydrogens (tertiary/aromatic N) is 3. The maximum atomic E-state index is 13.1. The molecule has 0 N–H and O–H groups in total. The number of fused-ring (bicyclic) bond motifs is 1. The Labute approximate surface area is 204 Å². The summed E-state index contributed by atoms with van der Waals surface area (Å²) in [5, 5.41) is 0. The summed E-state index contributed by atoms with van der Waals surface area (Å²) in [5.74, 6) is -0.399. The Morgan fingerprint density at radius 1 is 1.18 bits per heavy atom. The number of sulfonamides is 1. The lowest BCUT2D eigenvalue weighted by Crippen LogP contribution is -2.41. The molecule has 1 amide bonds. The molecule has 1 aromatic heterocycles. The largest absolute Gasteiger partial charge is 0.380 e. The van der Waals surface area contributed by atoms with Gasteiger partial charge in [0.05, 0.1) is 21.7 Å². The van der Waals surface area contributed by atoms with Crippen molar-refractivity contribution < 1.29 is 17.9 Å². The molecule has 2 aromatic carbocycles. The Hall–Kier alpha value is -2.33. The second kappa shape index (κ2) is 10.5. The van der Waals surface area contributed by atoms with Crippen molar-refractivity contribution >= 4 is 37.5 Å². The molecule has 0 bridgehead atoms. The summed E-state index contributed by atoms with van der Waals surface area (Å²) in [7, 11) is -3.58. The highest BCUT2D eigenvalue weighted by molar-refractivity contribution is 7.89. The van der Waals surface area contributed by atoms with E-state index < -0.39 is 15.9 Å². The van der Waals surface area contributed by atoms with Gasteiger partial charge in [-0.1, -0.05) is 23.8 Å². The lowest BCUT2D eigenvalue weighted by Gasteiger charge is -2.32. The number of hydrogen-bond acceptors (Lipinski definition) is 5. The fourth-order valence-corrected chi connectivity index (χ4v) is 7.12. The summed E-state index contributed by atoms with van der Waals surface area (Å²) >= 11 is 1.46. The quantitative estimate of drug-likeness (QED) is 0.451. The number of ether oxygens (including phenoxy) is 1. The lowest BCUT2D eigenvalue weighted by atomic mass is 10.1. The molecule has 1 saturated heterocycles. The smallest absolute Gasteiger partial charge is 0.279 e. The van der Waals surface area contributed by atoms with Gasteiger partial charge in [-0.15, -0.1) is 0 Å². The summed E-state index contributed by atoms with van der Waals surface area (Å²) in [4.78, 5) is 18.2. The number of thiazole rings is 1. The van der Waals surface area contributed by atoms with E-state index in [2.05, 4.69) is 11.1 Å². The monoisotopic (exact) mass is 501 g/mol. The molecule has 182 valence electrons. The standard InChI is InChI=1S/C25H31N3O4S2/c1-4-32-16-15-27-22-13-8-18(2)17-23(22)33-25(27)26-24(29)20-9-11-21(12-10-20)34(30,31)28-14-6-5-7-19(28)3/h8-13,17,19H,4-7,14-16H2,1-3H3. The maximum Gasteiger partial charge on any atom is 0.279 e. The molecule has 34 heavy (non-hydrogen) atoms. The highest BCUT2D eigenvalue weighted by Crippen LogP contribution is 2.25. The van der Waals surface area contributed by atoms with E-state index in [0.29, 0.717) is 36.7 Å². The molecule has 1 aliphatic rings. The number of carbonyl (C=O) groups excluding carboxylic acids is 1. The van der Waals surface area contributed by atoms with Crippen molar-refractivity contribution in [3.05, 3.63) is 58.4 Å². The van der Waals surface area contributed by atoms with E-state index in [1.54, 1.807) is 16.4 Å². The molecule has 3 aromatic rings. The normalized spacial score (nSPS) is 18.0. The number of benzene rings is 2. The number of aryl methyl sites for hydroxylation is 1. The molecule has 1 aliphatic heterocycles. The van der Waals surface area contributed by atoms with Crippen LogP contribution in [0.25, 0.3) is 10.2 Å². The summed E-state index contributed by atoms with van der Waals surface area (Å²) in [6.07, 6.45) is 2.79. The molecule has 1 fully saturated rings. The van der Waals surface area contributed by atoms with Gasteiger partial charge in [0.15, 0.2) is 4.80 Å². The van der Waals surface area contributed by atoms with Gasteiger partial charge in [0, 0.05) is 31.3 Å². The van der Waals surface area contributed by atoms with E-state index >= 15 is 0 Å². The lowest BCUT2D eigenvalue weighted by molar-refractivity contribution is 0.0996. The van der Waals surface area contributed by atoms with Crippen LogP contribution < -0.4 is 4.80 Å². The minimum atomic E-state index is -3.58. The van der Waals surface area contributed by atoms with Gasteiger partial charge in [0.1, 0.15) is 0 Å². The topological polar surface area (TPSA) is 81.0 Å². The number of aromatic nitrogens is 1. The SMILES string of the molecule is CCOCCn1c(=NC(=O)c2ccc(S(=O)(=O)N3CCCCC3C)cc2)sc2cc(C)ccc21. The van der Waals surface area contributed by atoms with Gasteiger partial charge in [-0.25, -0.2) is 8.42 Å². The van der Waals surface area contributed by atoms with Gasteiger partial charge in [0.25, 0.3) is 5.91 Å². The molecule has 0 spiro atoms. The second-order valence-electron chi connectivity index (χ2n) is 8.61. The van der Waals surface area contributed by atoms with Crippen molar-refractivity contribution in [2.24, 2.45) is 4.99 Å². The Kier molecular flexibility index (Phi) is 7.67. The van der Waals surface area contributed by atoms with E-state index in [1.807, 2.05) is 37.5 Å². The minimum Gasteiger partial charge on any atom is -0.380 e. The molecule has 2 heterocycles. The van der Waals surface area contributed by atoms with E-state index in [-0.39, 0.29) is 10.9 Å². The molecule has 0 aliphatic carbocycles. The molecule has 9 heteroatoms. The van der Waals surface area contributed by atoms with Crippen LogP contribution in [0.2, 0.25) is 0 Å². The average Bonchev–Trinajstić information content (AvgIpc) is 3.15. The molecular weight excluding hydrogens is 470 g/mol. The van der Waals surface area contributed by atoms with Crippen LogP contribution in [0.3, 0.4) is 0 Å². The van der Waals surface area contributed by atoms with Gasteiger partial charge >= 0.3 is 0 Å². The van der Waals surface area contributed by atoms with Crippen LogP contribution in [0.5, 0.6) is 0 Å². The van der Waals surface area contributed by atoms with Gasteiger partial charge < -0.3 is 9.30 Å². The predicted molar refractivity (Wildman–Crippen MR) is 135 cm³/mol. The van der Waals surface area contributed by atoms with Gasteiger partial charge in [0.2, 0.25) is 10.0 Å². The molecule has 1 unspecified atom stereocenters. The van der Waals surface area contributed by atoms with Crippen LogP contribution in [-0.4, -0.2) is 49.0 Å². The first-order chi connectivity index (χ1) is 16.3. The fourth-order valence-electron chi connectivity index (χ4n) is 4.27. The minimum absolute atomic E-state index is 0.0150. The molecule has 0 saturated carbocycles. The van der Waals surface area contributed by atoms with Gasteiger partial charge in [-0.3, -0.25) is 4.79 Å². The van der Waals surface area contributed by atoms with Crippen LogP contribution in [0, 0.1) is 6.92 Å². The van der Waals surface area contributed by atoms with E-state index in [0.717, 1.165) is 35.0 Å². The zero-order chi connectivity index (χ0) is 24.3. The number of rotatable bonds is 7. The van der Waals surface area contributed by atoms with Crippen LogP contribution in [0.1, 0.15) is 49.0 Å². The zero-order valence-corrected chi connectivity index (χ0v) is 21.5. The first-order valence-electron chi connectivity index (χ1n) is 11.7. The fraction of sp³-hybridized carbons (Fsp3) is 0.440. The highest BCUT2D eigenvalue weighted by atomic mass is 32.2. The highest BCUT2D eigenvalue weighted by Gasteiger charge is 2.30. The second-order valence-corrected chi connectivity index (χ2v) is 11.5. The third-order valence-electron chi connectivity index (χ3n) is 6.15. The maximum absolute atomic E-state index is 13.1.